The Bertz CT molecular complexity index is 298. The Labute approximate surface area is 83.2 Å². The summed E-state index contributed by atoms with van der Waals surface area (Å²) in [4.78, 5) is 13.5. The fraction of sp³-hybridized carbons (Fsp3) is 0.500. The quantitative estimate of drug-likeness (QED) is 0.607. The lowest BCUT2D eigenvalue weighted by Crippen LogP contribution is -2.41. The van der Waals surface area contributed by atoms with E-state index in [1.54, 1.807) is 0 Å². The SMILES string of the molecule is COC(=O)C1C(C)NC2C=CC=CN21. The maximum absolute atomic E-state index is 11.5. The molecule has 0 aromatic heterocycles. The Balaban J connectivity index is 2.21. The Hall–Kier alpha value is -1.29. The van der Waals surface area contributed by atoms with E-state index in [4.69, 9.17) is 4.74 Å². The molecule has 0 amide bonds. The van der Waals surface area contributed by atoms with E-state index in [2.05, 4.69) is 5.32 Å². The summed E-state index contributed by atoms with van der Waals surface area (Å²) in [7, 11) is 1.42. The standard InChI is InChI=1S/C10H14N2O2/c1-7-9(10(13)14-2)12-6-4-3-5-8(12)11-7/h3-9,11H,1-2H3. The number of hydrogen-bond acceptors (Lipinski definition) is 4. The van der Waals surface area contributed by atoms with Crippen molar-refractivity contribution in [3.05, 3.63) is 24.4 Å². The molecule has 1 saturated heterocycles. The first-order valence-electron chi connectivity index (χ1n) is 4.70. The number of methoxy groups -OCH3 is 1. The van der Waals surface area contributed by atoms with Crippen LogP contribution < -0.4 is 5.32 Å². The zero-order valence-corrected chi connectivity index (χ0v) is 8.31. The number of nitrogens with zero attached hydrogens (tertiary/aromatic N) is 1. The van der Waals surface area contributed by atoms with Gasteiger partial charge in [-0.15, -0.1) is 0 Å². The van der Waals surface area contributed by atoms with E-state index in [1.807, 2.05) is 36.3 Å². The zero-order chi connectivity index (χ0) is 10.1. The molecule has 3 unspecified atom stereocenters. The number of esters is 1. The fourth-order valence-electron chi connectivity index (χ4n) is 1.98. The summed E-state index contributed by atoms with van der Waals surface area (Å²) in [5.74, 6) is -0.188. The van der Waals surface area contributed by atoms with Crippen LogP contribution in [0.25, 0.3) is 0 Å². The van der Waals surface area contributed by atoms with Crippen molar-refractivity contribution in [1.82, 2.24) is 10.2 Å². The third-order valence-electron chi connectivity index (χ3n) is 2.66. The minimum absolute atomic E-state index is 0.111. The van der Waals surface area contributed by atoms with E-state index < -0.39 is 0 Å². The van der Waals surface area contributed by atoms with Crippen molar-refractivity contribution >= 4 is 5.97 Å². The number of carbonyl (C=O) groups is 1. The molecule has 14 heavy (non-hydrogen) atoms. The largest absolute Gasteiger partial charge is 0.467 e. The van der Waals surface area contributed by atoms with Gasteiger partial charge in [0.1, 0.15) is 6.04 Å². The van der Waals surface area contributed by atoms with Crippen molar-refractivity contribution in [2.24, 2.45) is 0 Å². The molecule has 0 bridgehead atoms. The van der Waals surface area contributed by atoms with E-state index in [0.717, 1.165) is 0 Å². The summed E-state index contributed by atoms with van der Waals surface area (Å²) < 4.78 is 4.77. The van der Waals surface area contributed by atoms with Crippen molar-refractivity contribution in [3.63, 3.8) is 0 Å². The second-order valence-electron chi connectivity index (χ2n) is 3.54. The molecule has 0 aliphatic carbocycles. The summed E-state index contributed by atoms with van der Waals surface area (Å²) in [6.07, 6.45) is 7.97. The highest BCUT2D eigenvalue weighted by Crippen LogP contribution is 2.21. The third-order valence-corrected chi connectivity index (χ3v) is 2.66. The van der Waals surface area contributed by atoms with Gasteiger partial charge in [-0.3, -0.25) is 5.32 Å². The predicted molar refractivity (Wildman–Crippen MR) is 52.3 cm³/mol. The molecule has 0 saturated carbocycles. The van der Waals surface area contributed by atoms with Gasteiger partial charge in [0.2, 0.25) is 0 Å². The summed E-state index contributed by atoms with van der Waals surface area (Å²) in [5.41, 5.74) is 0. The van der Waals surface area contributed by atoms with Crippen LogP contribution in [0.5, 0.6) is 0 Å². The fourth-order valence-corrected chi connectivity index (χ4v) is 1.98. The van der Waals surface area contributed by atoms with Crippen molar-refractivity contribution in [2.75, 3.05) is 7.11 Å². The third kappa shape index (κ3) is 1.32. The Kier molecular flexibility index (Phi) is 2.29. The van der Waals surface area contributed by atoms with Gasteiger partial charge in [0.15, 0.2) is 0 Å². The first-order valence-corrected chi connectivity index (χ1v) is 4.70. The van der Waals surface area contributed by atoms with Crippen LogP contribution in [-0.2, 0) is 9.53 Å². The first-order chi connectivity index (χ1) is 6.74. The molecule has 0 radical (unpaired) electrons. The highest BCUT2D eigenvalue weighted by Gasteiger charge is 2.41. The molecular formula is C10H14N2O2. The maximum atomic E-state index is 11.5. The number of hydrogen-bond donors (Lipinski definition) is 1. The van der Waals surface area contributed by atoms with Crippen LogP contribution in [0.1, 0.15) is 6.92 Å². The number of nitrogens with one attached hydrogen (secondary N) is 1. The molecule has 0 aromatic carbocycles. The number of carbonyl (C=O) groups excluding carboxylic acids is 1. The van der Waals surface area contributed by atoms with Gasteiger partial charge in [-0.25, -0.2) is 4.79 Å². The van der Waals surface area contributed by atoms with Crippen LogP contribution >= 0.6 is 0 Å². The second-order valence-corrected chi connectivity index (χ2v) is 3.54. The lowest BCUT2D eigenvalue weighted by atomic mass is 10.1. The van der Waals surface area contributed by atoms with E-state index in [1.165, 1.54) is 7.11 Å². The van der Waals surface area contributed by atoms with Crippen LogP contribution in [0, 0.1) is 0 Å². The Morgan fingerprint density at radius 3 is 3.00 bits per heavy atom. The predicted octanol–water partition coefficient (Wildman–Crippen LogP) is 0.231. The van der Waals surface area contributed by atoms with Crippen LogP contribution in [0.15, 0.2) is 24.4 Å². The van der Waals surface area contributed by atoms with Crippen LogP contribution in [0.2, 0.25) is 0 Å². The number of ether oxygens (including phenoxy) is 1. The second kappa shape index (κ2) is 3.46. The van der Waals surface area contributed by atoms with Gasteiger partial charge in [-0.1, -0.05) is 6.08 Å². The van der Waals surface area contributed by atoms with Gasteiger partial charge in [0, 0.05) is 12.2 Å². The minimum Gasteiger partial charge on any atom is -0.467 e. The van der Waals surface area contributed by atoms with Crippen LogP contribution in [-0.4, -0.2) is 36.2 Å². The smallest absolute Gasteiger partial charge is 0.330 e. The lowest BCUT2D eigenvalue weighted by molar-refractivity contribution is -0.145. The highest BCUT2D eigenvalue weighted by molar-refractivity contribution is 5.77. The van der Waals surface area contributed by atoms with Gasteiger partial charge in [-0.2, -0.15) is 0 Å². The molecule has 2 rings (SSSR count). The monoisotopic (exact) mass is 194 g/mol. The maximum Gasteiger partial charge on any atom is 0.330 e. The molecule has 4 heteroatoms. The Morgan fingerprint density at radius 1 is 1.50 bits per heavy atom. The van der Waals surface area contributed by atoms with E-state index in [-0.39, 0.29) is 24.2 Å². The lowest BCUT2D eigenvalue weighted by Gasteiger charge is -2.26. The molecule has 2 aliphatic rings. The molecule has 1 N–H and O–H groups in total. The Morgan fingerprint density at radius 2 is 2.29 bits per heavy atom. The van der Waals surface area contributed by atoms with Gasteiger partial charge in [0.25, 0.3) is 0 Å². The summed E-state index contributed by atoms with van der Waals surface area (Å²) in [6, 6.07) is -0.106. The number of fused-ring (bicyclic) bond motifs is 1. The molecule has 3 atom stereocenters. The average Bonchev–Trinajstić information content (AvgIpc) is 2.53. The van der Waals surface area contributed by atoms with Crippen molar-refractivity contribution in [1.29, 1.82) is 0 Å². The van der Waals surface area contributed by atoms with Crippen molar-refractivity contribution in [3.8, 4) is 0 Å². The van der Waals surface area contributed by atoms with Crippen molar-refractivity contribution < 1.29 is 9.53 Å². The van der Waals surface area contributed by atoms with Crippen LogP contribution in [0.4, 0.5) is 0 Å². The highest BCUT2D eigenvalue weighted by atomic mass is 16.5. The summed E-state index contributed by atoms with van der Waals surface area (Å²) in [5, 5.41) is 3.31. The van der Waals surface area contributed by atoms with Gasteiger partial charge in [-0.05, 0) is 19.1 Å². The molecule has 2 aliphatic heterocycles. The van der Waals surface area contributed by atoms with E-state index in [0.29, 0.717) is 0 Å². The van der Waals surface area contributed by atoms with Crippen LogP contribution in [0.3, 0.4) is 0 Å². The summed E-state index contributed by atoms with van der Waals surface area (Å²) >= 11 is 0. The van der Waals surface area contributed by atoms with Gasteiger partial charge in [0.05, 0.1) is 13.3 Å². The van der Waals surface area contributed by atoms with Gasteiger partial charge >= 0.3 is 5.97 Å². The molecule has 1 fully saturated rings. The zero-order valence-electron chi connectivity index (χ0n) is 8.31. The molecule has 0 aromatic rings. The summed E-state index contributed by atoms with van der Waals surface area (Å²) in [6.45, 7) is 1.99. The molecule has 76 valence electrons. The van der Waals surface area contributed by atoms with E-state index in [9.17, 15) is 4.79 Å². The number of allylic oxidation sites excluding steroid dienone is 2. The normalized spacial score (nSPS) is 34.4. The molecular weight excluding hydrogens is 180 g/mol. The first kappa shape index (κ1) is 9.27. The van der Waals surface area contributed by atoms with Crippen molar-refractivity contribution in [2.45, 2.75) is 25.2 Å². The number of rotatable bonds is 1. The minimum atomic E-state index is -0.216. The topological polar surface area (TPSA) is 41.6 Å². The van der Waals surface area contributed by atoms with E-state index >= 15 is 0 Å². The molecule has 2 heterocycles. The average molecular weight is 194 g/mol. The molecule has 0 spiro atoms. The van der Waals surface area contributed by atoms with Gasteiger partial charge < -0.3 is 9.64 Å². The molecule has 4 nitrogen and oxygen atoms in total.